The number of nitrogens with zero attached hydrogens (tertiary/aromatic N) is 1. The van der Waals surface area contributed by atoms with Crippen molar-refractivity contribution in [2.75, 3.05) is 19.7 Å². The molecule has 0 saturated carbocycles. The third-order valence-corrected chi connectivity index (χ3v) is 6.11. The fraction of sp³-hybridized carbons (Fsp3) is 0.474. The van der Waals surface area contributed by atoms with Crippen molar-refractivity contribution in [2.45, 2.75) is 38.3 Å². The highest BCUT2D eigenvalue weighted by molar-refractivity contribution is 7.10. The molecule has 3 heteroatoms. The molecule has 116 valence electrons. The molecule has 0 aliphatic carbocycles. The first-order valence-electron chi connectivity index (χ1n) is 8.24. The maximum atomic E-state index is 6.29. The molecule has 0 atom stereocenters. The summed E-state index contributed by atoms with van der Waals surface area (Å²) in [5.41, 5.74) is 4.25. The highest BCUT2D eigenvalue weighted by atomic mass is 32.1. The molecule has 2 aromatic rings. The van der Waals surface area contributed by atoms with Crippen LogP contribution in [0.2, 0.25) is 0 Å². The maximum Gasteiger partial charge on any atom is 0.0966 e. The lowest BCUT2D eigenvalue weighted by Gasteiger charge is -2.44. The second-order valence-corrected chi connectivity index (χ2v) is 7.61. The molecule has 0 N–H and O–H groups in total. The average Bonchev–Trinajstić information content (AvgIpc) is 3.02. The summed E-state index contributed by atoms with van der Waals surface area (Å²) in [6.07, 6.45) is 3.35. The molecule has 1 aromatic heterocycles. The number of piperidine rings is 1. The molecular formula is C19H23NOS. The molecular weight excluding hydrogens is 290 g/mol. The van der Waals surface area contributed by atoms with Gasteiger partial charge in [-0.3, -0.25) is 4.90 Å². The minimum atomic E-state index is 0.0113. The highest BCUT2D eigenvalue weighted by Gasteiger charge is 2.41. The van der Waals surface area contributed by atoms with Crippen LogP contribution in [0.4, 0.5) is 0 Å². The van der Waals surface area contributed by atoms with Gasteiger partial charge in [-0.1, -0.05) is 29.8 Å². The Morgan fingerprint density at radius 1 is 1.14 bits per heavy atom. The Labute approximate surface area is 136 Å². The number of aryl methyl sites for hydroxylation is 1. The molecule has 0 radical (unpaired) electrons. The Balaban J connectivity index is 1.44. The number of fused-ring (bicyclic) bond motifs is 2. The van der Waals surface area contributed by atoms with Gasteiger partial charge < -0.3 is 4.74 Å². The molecule has 2 aliphatic heterocycles. The minimum absolute atomic E-state index is 0.0113. The van der Waals surface area contributed by atoms with E-state index >= 15 is 0 Å². The lowest BCUT2D eigenvalue weighted by Crippen LogP contribution is -2.45. The fourth-order valence-electron chi connectivity index (χ4n) is 3.79. The van der Waals surface area contributed by atoms with Crippen molar-refractivity contribution in [3.05, 3.63) is 57.3 Å². The predicted octanol–water partition coefficient (Wildman–Crippen LogP) is 4.12. The van der Waals surface area contributed by atoms with Crippen LogP contribution in [-0.4, -0.2) is 24.6 Å². The molecule has 1 saturated heterocycles. The van der Waals surface area contributed by atoms with Crippen LogP contribution in [0.5, 0.6) is 0 Å². The van der Waals surface area contributed by atoms with E-state index < -0.39 is 0 Å². The van der Waals surface area contributed by atoms with Crippen molar-refractivity contribution in [3.8, 4) is 0 Å². The van der Waals surface area contributed by atoms with Gasteiger partial charge >= 0.3 is 0 Å². The molecule has 22 heavy (non-hydrogen) atoms. The summed E-state index contributed by atoms with van der Waals surface area (Å²) in [4.78, 5) is 4.12. The van der Waals surface area contributed by atoms with Gasteiger partial charge in [-0.15, -0.1) is 11.3 Å². The zero-order valence-electron chi connectivity index (χ0n) is 13.2. The van der Waals surface area contributed by atoms with E-state index in [9.17, 15) is 0 Å². The van der Waals surface area contributed by atoms with Crippen LogP contribution in [0.1, 0.15) is 34.4 Å². The third kappa shape index (κ3) is 2.62. The molecule has 0 bridgehead atoms. The van der Waals surface area contributed by atoms with Crippen LogP contribution in [0.25, 0.3) is 0 Å². The fourth-order valence-corrected chi connectivity index (χ4v) is 4.75. The van der Waals surface area contributed by atoms with Crippen LogP contribution in [-0.2, 0) is 23.3 Å². The molecule has 1 aromatic carbocycles. The Kier molecular flexibility index (Phi) is 3.81. The molecule has 4 rings (SSSR count). The Morgan fingerprint density at radius 3 is 2.68 bits per heavy atom. The Hall–Kier alpha value is -1.16. The monoisotopic (exact) mass is 313 g/mol. The molecule has 0 amide bonds. The van der Waals surface area contributed by atoms with Crippen LogP contribution >= 0.6 is 11.3 Å². The van der Waals surface area contributed by atoms with E-state index in [1.807, 2.05) is 11.3 Å². The summed E-state index contributed by atoms with van der Waals surface area (Å²) in [6, 6.07) is 11.2. The first-order chi connectivity index (χ1) is 10.8. The molecule has 2 nitrogen and oxygen atoms in total. The van der Waals surface area contributed by atoms with E-state index in [-0.39, 0.29) is 5.60 Å². The second-order valence-electron chi connectivity index (χ2n) is 6.61. The number of rotatable bonds is 2. The highest BCUT2D eigenvalue weighted by Crippen LogP contribution is 2.43. The lowest BCUT2D eigenvalue weighted by atomic mass is 9.82. The van der Waals surface area contributed by atoms with Gasteiger partial charge in [0.1, 0.15) is 0 Å². The van der Waals surface area contributed by atoms with Gasteiger partial charge in [-0.2, -0.15) is 0 Å². The number of thiophene rings is 1. The van der Waals surface area contributed by atoms with Crippen molar-refractivity contribution in [3.63, 3.8) is 0 Å². The van der Waals surface area contributed by atoms with Crippen molar-refractivity contribution < 1.29 is 4.74 Å². The lowest BCUT2D eigenvalue weighted by molar-refractivity contribution is -0.0980. The van der Waals surface area contributed by atoms with Gasteiger partial charge in [0.25, 0.3) is 0 Å². The largest absolute Gasteiger partial charge is 0.370 e. The van der Waals surface area contributed by atoms with E-state index in [0.29, 0.717) is 0 Å². The van der Waals surface area contributed by atoms with Crippen molar-refractivity contribution >= 4 is 11.3 Å². The summed E-state index contributed by atoms with van der Waals surface area (Å²) in [5, 5.41) is 2.24. The van der Waals surface area contributed by atoms with E-state index in [1.165, 1.54) is 16.7 Å². The molecule has 2 aliphatic rings. The first-order valence-corrected chi connectivity index (χ1v) is 9.12. The first kappa shape index (κ1) is 14.4. The summed E-state index contributed by atoms with van der Waals surface area (Å²) in [7, 11) is 0. The van der Waals surface area contributed by atoms with Crippen LogP contribution < -0.4 is 0 Å². The normalized spacial score (nSPS) is 21.0. The number of ether oxygens (including phenoxy) is 1. The zero-order chi connectivity index (χ0) is 15.0. The van der Waals surface area contributed by atoms with Gasteiger partial charge in [0.15, 0.2) is 0 Å². The van der Waals surface area contributed by atoms with E-state index in [0.717, 1.165) is 45.5 Å². The summed E-state index contributed by atoms with van der Waals surface area (Å²) >= 11 is 1.90. The van der Waals surface area contributed by atoms with E-state index in [1.54, 1.807) is 4.88 Å². The molecule has 3 heterocycles. The van der Waals surface area contributed by atoms with Gasteiger partial charge in [-0.25, -0.2) is 0 Å². The average molecular weight is 313 g/mol. The van der Waals surface area contributed by atoms with E-state index in [4.69, 9.17) is 4.74 Å². The SMILES string of the molecule is Cc1ccc(CN2CCC3(CC2)OCCc2sccc23)cc1. The summed E-state index contributed by atoms with van der Waals surface area (Å²) < 4.78 is 6.29. The molecule has 1 spiro atoms. The number of hydrogen-bond donors (Lipinski definition) is 0. The number of likely N-dealkylation sites (tertiary alicyclic amines) is 1. The van der Waals surface area contributed by atoms with Crippen LogP contribution in [0, 0.1) is 6.92 Å². The topological polar surface area (TPSA) is 12.5 Å². The minimum Gasteiger partial charge on any atom is -0.370 e. The Bertz CT molecular complexity index is 638. The molecule has 1 fully saturated rings. The summed E-state index contributed by atoms with van der Waals surface area (Å²) in [5.74, 6) is 0. The standard InChI is InChI=1S/C19H23NOS/c1-15-2-4-16(5-3-15)14-20-10-8-19(9-11-20)17-7-13-22-18(17)6-12-21-19/h2-5,7,13H,6,8-12,14H2,1H3. The number of hydrogen-bond acceptors (Lipinski definition) is 3. The predicted molar refractivity (Wildman–Crippen MR) is 91.3 cm³/mol. The smallest absolute Gasteiger partial charge is 0.0966 e. The van der Waals surface area contributed by atoms with Crippen molar-refractivity contribution in [1.82, 2.24) is 4.90 Å². The van der Waals surface area contributed by atoms with E-state index in [2.05, 4.69) is 47.5 Å². The Morgan fingerprint density at radius 2 is 1.91 bits per heavy atom. The number of benzene rings is 1. The van der Waals surface area contributed by atoms with Gasteiger partial charge in [-0.05, 0) is 42.3 Å². The van der Waals surface area contributed by atoms with Crippen molar-refractivity contribution in [2.24, 2.45) is 0 Å². The second kappa shape index (κ2) is 5.80. The van der Waals surface area contributed by atoms with Gasteiger partial charge in [0.2, 0.25) is 0 Å². The summed E-state index contributed by atoms with van der Waals surface area (Å²) in [6.45, 7) is 6.36. The van der Waals surface area contributed by atoms with Crippen molar-refractivity contribution in [1.29, 1.82) is 0 Å². The van der Waals surface area contributed by atoms with Crippen LogP contribution in [0.15, 0.2) is 35.7 Å². The van der Waals surface area contributed by atoms with Crippen LogP contribution in [0.3, 0.4) is 0 Å². The molecule has 0 unspecified atom stereocenters. The third-order valence-electron chi connectivity index (χ3n) is 5.13. The van der Waals surface area contributed by atoms with Gasteiger partial charge in [0.05, 0.1) is 12.2 Å². The zero-order valence-corrected chi connectivity index (χ0v) is 14.0. The quantitative estimate of drug-likeness (QED) is 0.827. The van der Waals surface area contributed by atoms with Gasteiger partial charge in [0, 0.05) is 30.9 Å². The maximum absolute atomic E-state index is 6.29.